The van der Waals surface area contributed by atoms with E-state index in [-0.39, 0.29) is 6.04 Å². The van der Waals surface area contributed by atoms with Gasteiger partial charge in [-0.1, -0.05) is 159 Å². The van der Waals surface area contributed by atoms with Gasteiger partial charge in [-0.05, 0) is 93.8 Å². The maximum Gasteiger partial charge on any atom is 0.0585 e. The van der Waals surface area contributed by atoms with Gasteiger partial charge in [-0.25, -0.2) is 0 Å². The molecule has 1 heterocycles. The molecule has 3 unspecified atom stereocenters. The van der Waals surface area contributed by atoms with Gasteiger partial charge in [-0.2, -0.15) is 0 Å². The van der Waals surface area contributed by atoms with Crippen molar-refractivity contribution < 1.29 is 0 Å². The quantitative estimate of drug-likeness (QED) is 0.169. The molecular formula is C49H40N2. The van der Waals surface area contributed by atoms with Crippen LogP contribution in [0.15, 0.2) is 200 Å². The average Bonchev–Trinajstić information content (AvgIpc) is 3.53. The zero-order valence-corrected chi connectivity index (χ0v) is 28.8. The summed E-state index contributed by atoms with van der Waals surface area (Å²) in [5, 5.41) is 0. The molecule has 9 rings (SSSR count). The zero-order valence-electron chi connectivity index (χ0n) is 28.8. The number of nitrogens with zero attached hydrogens (tertiary/aromatic N) is 2. The fourth-order valence-electron chi connectivity index (χ4n) is 8.06. The van der Waals surface area contributed by atoms with Crippen molar-refractivity contribution in [1.29, 1.82) is 0 Å². The topological polar surface area (TPSA) is 6.48 Å². The van der Waals surface area contributed by atoms with E-state index in [1.807, 2.05) is 0 Å². The molecule has 6 aromatic rings. The summed E-state index contributed by atoms with van der Waals surface area (Å²) in [5.74, 6) is 0.651. The van der Waals surface area contributed by atoms with Crippen LogP contribution in [0.25, 0.3) is 27.8 Å². The van der Waals surface area contributed by atoms with Crippen LogP contribution in [0.4, 0.5) is 22.7 Å². The molecule has 2 heteroatoms. The predicted octanol–water partition coefficient (Wildman–Crippen LogP) is 12.9. The highest BCUT2D eigenvalue weighted by molar-refractivity contribution is 5.84. The molecule has 246 valence electrons. The van der Waals surface area contributed by atoms with E-state index in [4.69, 9.17) is 0 Å². The Labute approximate surface area is 301 Å². The Balaban J connectivity index is 1.07. The van der Waals surface area contributed by atoms with Gasteiger partial charge in [0.15, 0.2) is 0 Å². The SMILES string of the molecule is CC1C=C(c2ccccc2)C=CC1N(c1ccccc1)c1ccc2c(c1)N(c1ccc(-c3ccc(-c4ccccc4)cc3)cc1)C1=CC=CCC12. The summed E-state index contributed by atoms with van der Waals surface area (Å²) in [5.41, 5.74) is 15.0. The standard InChI is InChI=1S/C49H40N2/c1-35-33-41(37-15-7-3-8-16-37)27-32-47(35)50(42-17-9-4-10-18-42)44-30-31-46-45-19-11-12-20-48(45)51(49(46)34-44)43-28-25-40(26-29-43)39-23-21-38(22-24-39)36-13-5-2-6-14-36/h2-18,20-35,45,47H,19H2,1H3. The molecule has 0 spiro atoms. The number of anilines is 4. The van der Waals surface area contributed by atoms with E-state index in [1.54, 1.807) is 0 Å². The summed E-state index contributed by atoms with van der Waals surface area (Å²) in [7, 11) is 0. The van der Waals surface area contributed by atoms with Crippen molar-refractivity contribution in [2.45, 2.75) is 25.3 Å². The highest BCUT2D eigenvalue weighted by atomic mass is 15.2. The lowest BCUT2D eigenvalue weighted by Gasteiger charge is -2.37. The van der Waals surface area contributed by atoms with Crippen molar-refractivity contribution in [2.75, 3.05) is 9.80 Å². The van der Waals surface area contributed by atoms with Crippen molar-refractivity contribution >= 4 is 28.3 Å². The Morgan fingerprint density at radius 1 is 0.588 bits per heavy atom. The Hall–Kier alpha value is -6.12. The van der Waals surface area contributed by atoms with E-state index in [0.29, 0.717) is 11.8 Å². The number of benzene rings is 6. The Morgan fingerprint density at radius 3 is 1.82 bits per heavy atom. The molecule has 3 aliphatic rings. The number of rotatable bonds is 7. The summed E-state index contributed by atoms with van der Waals surface area (Å²) >= 11 is 0. The number of para-hydroxylation sites is 1. The van der Waals surface area contributed by atoms with E-state index >= 15 is 0 Å². The minimum absolute atomic E-state index is 0.170. The zero-order chi connectivity index (χ0) is 34.1. The van der Waals surface area contributed by atoms with Crippen LogP contribution >= 0.6 is 0 Å². The van der Waals surface area contributed by atoms with Gasteiger partial charge in [-0.15, -0.1) is 0 Å². The van der Waals surface area contributed by atoms with E-state index in [1.165, 1.54) is 67.4 Å². The Morgan fingerprint density at radius 2 is 1.18 bits per heavy atom. The van der Waals surface area contributed by atoms with Crippen LogP contribution in [0.5, 0.6) is 0 Å². The smallest absolute Gasteiger partial charge is 0.0585 e. The van der Waals surface area contributed by atoms with Crippen LogP contribution in [-0.2, 0) is 0 Å². The van der Waals surface area contributed by atoms with Crippen molar-refractivity contribution in [3.8, 4) is 22.3 Å². The lowest BCUT2D eigenvalue weighted by atomic mass is 9.88. The lowest BCUT2D eigenvalue weighted by molar-refractivity contribution is 0.611. The highest BCUT2D eigenvalue weighted by Gasteiger charge is 2.36. The van der Waals surface area contributed by atoms with E-state index in [9.17, 15) is 0 Å². The first kappa shape index (κ1) is 30.9. The number of allylic oxidation sites excluding steroid dienone is 6. The molecule has 1 aliphatic heterocycles. The van der Waals surface area contributed by atoms with E-state index in [2.05, 4.69) is 211 Å². The van der Waals surface area contributed by atoms with Gasteiger partial charge in [-0.3, -0.25) is 0 Å². The van der Waals surface area contributed by atoms with Crippen molar-refractivity contribution in [3.63, 3.8) is 0 Å². The lowest BCUT2D eigenvalue weighted by Crippen LogP contribution is -2.35. The number of hydrogen-bond donors (Lipinski definition) is 0. The van der Waals surface area contributed by atoms with Gasteiger partial charge in [0.05, 0.1) is 11.7 Å². The monoisotopic (exact) mass is 656 g/mol. The van der Waals surface area contributed by atoms with Crippen LogP contribution in [0.2, 0.25) is 0 Å². The summed E-state index contributed by atoms with van der Waals surface area (Å²) in [4.78, 5) is 5.01. The molecular weight excluding hydrogens is 617 g/mol. The normalized spacial score (nSPS) is 18.8. The third kappa shape index (κ3) is 5.83. The van der Waals surface area contributed by atoms with E-state index in [0.717, 1.165) is 6.42 Å². The second kappa shape index (κ2) is 13.3. The van der Waals surface area contributed by atoms with Gasteiger partial charge in [0.2, 0.25) is 0 Å². The molecule has 0 saturated heterocycles. The van der Waals surface area contributed by atoms with Crippen LogP contribution in [-0.4, -0.2) is 6.04 Å². The first-order valence-electron chi connectivity index (χ1n) is 18.1. The molecule has 3 atom stereocenters. The summed E-state index contributed by atoms with van der Waals surface area (Å²) in [6.07, 6.45) is 15.0. The molecule has 0 radical (unpaired) electrons. The third-order valence-corrected chi connectivity index (χ3v) is 10.6. The number of fused-ring (bicyclic) bond motifs is 3. The first-order valence-corrected chi connectivity index (χ1v) is 18.1. The minimum atomic E-state index is 0.170. The van der Waals surface area contributed by atoms with Crippen molar-refractivity contribution in [2.24, 2.45) is 5.92 Å². The van der Waals surface area contributed by atoms with Crippen LogP contribution in [0, 0.1) is 5.92 Å². The largest absolute Gasteiger partial charge is 0.334 e. The van der Waals surface area contributed by atoms with Crippen LogP contribution in [0.1, 0.15) is 30.4 Å². The van der Waals surface area contributed by atoms with Crippen LogP contribution in [0.3, 0.4) is 0 Å². The highest BCUT2D eigenvalue weighted by Crippen LogP contribution is 2.52. The molecule has 2 nitrogen and oxygen atoms in total. The van der Waals surface area contributed by atoms with Gasteiger partial charge in [0.1, 0.15) is 0 Å². The first-order chi connectivity index (χ1) is 25.2. The Kier molecular flexibility index (Phi) is 8.06. The second-order valence-electron chi connectivity index (χ2n) is 13.8. The van der Waals surface area contributed by atoms with Gasteiger partial charge < -0.3 is 9.80 Å². The van der Waals surface area contributed by atoms with Crippen molar-refractivity contribution in [3.05, 3.63) is 211 Å². The fourth-order valence-corrected chi connectivity index (χ4v) is 8.06. The predicted molar refractivity (Wildman–Crippen MR) is 216 cm³/mol. The maximum atomic E-state index is 2.52. The van der Waals surface area contributed by atoms with Crippen molar-refractivity contribution in [1.82, 2.24) is 0 Å². The summed E-state index contributed by atoms with van der Waals surface area (Å²) < 4.78 is 0. The fraction of sp³-hybridized carbons (Fsp3) is 0.102. The molecule has 0 fully saturated rings. The maximum absolute atomic E-state index is 2.52. The van der Waals surface area contributed by atoms with Gasteiger partial charge in [0, 0.05) is 28.7 Å². The molecule has 2 aliphatic carbocycles. The molecule has 0 amide bonds. The second-order valence-corrected chi connectivity index (χ2v) is 13.8. The van der Waals surface area contributed by atoms with Crippen LogP contribution < -0.4 is 9.80 Å². The molecule has 51 heavy (non-hydrogen) atoms. The summed E-state index contributed by atoms with van der Waals surface area (Å²) in [6.45, 7) is 2.34. The molecule has 0 N–H and O–H groups in total. The Bertz CT molecular complexity index is 2280. The summed E-state index contributed by atoms with van der Waals surface area (Å²) in [6, 6.07) is 57.5. The molecule has 0 aromatic heterocycles. The van der Waals surface area contributed by atoms with Gasteiger partial charge in [0.25, 0.3) is 0 Å². The average molecular weight is 657 g/mol. The molecule has 6 aromatic carbocycles. The molecule has 0 bridgehead atoms. The van der Waals surface area contributed by atoms with E-state index < -0.39 is 0 Å². The van der Waals surface area contributed by atoms with Gasteiger partial charge >= 0.3 is 0 Å². The molecule has 0 saturated carbocycles. The number of hydrogen-bond acceptors (Lipinski definition) is 2. The third-order valence-electron chi connectivity index (χ3n) is 10.6. The minimum Gasteiger partial charge on any atom is -0.334 e.